The summed E-state index contributed by atoms with van der Waals surface area (Å²) in [6.07, 6.45) is 2.80. The van der Waals surface area contributed by atoms with Crippen molar-refractivity contribution >= 4 is 34.2 Å². The molecule has 2 aromatic heterocycles. The number of benzene rings is 2. The third kappa shape index (κ3) is 4.47. The Labute approximate surface area is 200 Å². The summed E-state index contributed by atoms with van der Waals surface area (Å²) in [5.41, 5.74) is 2.41. The van der Waals surface area contributed by atoms with Crippen LogP contribution >= 0.6 is 11.6 Å². The van der Waals surface area contributed by atoms with Crippen LogP contribution in [0.2, 0.25) is 5.02 Å². The van der Waals surface area contributed by atoms with Crippen LogP contribution in [0.4, 0.5) is 5.69 Å². The molecule has 0 bridgehead atoms. The van der Waals surface area contributed by atoms with Crippen LogP contribution in [0.1, 0.15) is 25.3 Å². The molecule has 9 nitrogen and oxygen atoms in total. The van der Waals surface area contributed by atoms with E-state index in [1.165, 1.54) is 42.9 Å². The van der Waals surface area contributed by atoms with E-state index >= 15 is 0 Å². The maximum absolute atomic E-state index is 13.0. The van der Waals surface area contributed by atoms with Gasteiger partial charge >= 0.3 is 0 Å². The lowest BCUT2D eigenvalue weighted by Gasteiger charge is -2.13. The number of nitrogens with zero attached hydrogens (tertiary/aromatic N) is 4. The number of carbonyl (C=O) groups excluding carboxylic acids is 1. The third-order valence-corrected chi connectivity index (χ3v) is 5.72. The fourth-order valence-electron chi connectivity index (χ4n) is 3.55. The van der Waals surface area contributed by atoms with Gasteiger partial charge in [0.15, 0.2) is 5.65 Å². The van der Waals surface area contributed by atoms with Crippen molar-refractivity contribution in [3.05, 3.63) is 69.9 Å². The van der Waals surface area contributed by atoms with E-state index in [0.29, 0.717) is 39.2 Å². The average molecular weight is 482 g/mol. The minimum atomic E-state index is -0.445. The van der Waals surface area contributed by atoms with Crippen molar-refractivity contribution in [2.24, 2.45) is 0 Å². The highest BCUT2D eigenvalue weighted by Gasteiger charge is 2.16. The van der Waals surface area contributed by atoms with Gasteiger partial charge in [0.05, 0.1) is 36.8 Å². The van der Waals surface area contributed by atoms with E-state index in [0.717, 1.165) is 5.69 Å². The summed E-state index contributed by atoms with van der Waals surface area (Å²) in [6.45, 7) is 4.00. The number of anilines is 1. The summed E-state index contributed by atoms with van der Waals surface area (Å²) in [7, 11) is 2.95. The smallest absolute Gasteiger partial charge is 0.264 e. The van der Waals surface area contributed by atoms with E-state index in [4.69, 9.17) is 21.1 Å². The molecule has 0 radical (unpaired) electrons. The van der Waals surface area contributed by atoms with Gasteiger partial charge in [-0.3, -0.25) is 14.2 Å². The Bertz CT molecular complexity index is 1410. The molecule has 10 heteroatoms. The number of hydrogen-bond acceptors (Lipinski definition) is 6. The van der Waals surface area contributed by atoms with Crippen LogP contribution in [0.3, 0.4) is 0 Å². The molecule has 4 rings (SSSR count). The molecule has 176 valence electrons. The highest BCUT2D eigenvalue weighted by atomic mass is 35.5. The lowest BCUT2D eigenvalue weighted by Crippen LogP contribution is -2.28. The molecule has 2 aromatic carbocycles. The molecule has 0 aliphatic carbocycles. The van der Waals surface area contributed by atoms with Crippen molar-refractivity contribution in [2.75, 3.05) is 19.5 Å². The number of methoxy groups -OCH3 is 2. The van der Waals surface area contributed by atoms with Gasteiger partial charge in [0.25, 0.3) is 5.56 Å². The standard InChI is InChI=1S/C24H24ClN5O4/c1-14(2)15-5-7-16(8-6-15)30-23-17(11-27-30)24(32)29(13-26-23)12-22(31)28-19-9-18(25)20(33-3)10-21(19)34-4/h5-11,13-14H,12H2,1-4H3,(H,28,31). The number of rotatable bonds is 7. The number of amides is 1. The number of aromatic nitrogens is 4. The Morgan fingerprint density at radius 2 is 1.82 bits per heavy atom. The largest absolute Gasteiger partial charge is 0.495 e. The Morgan fingerprint density at radius 3 is 2.47 bits per heavy atom. The van der Waals surface area contributed by atoms with Gasteiger partial charge in [0.1, 0.15) is 29.8 Å². The molecule has 4 aromatic rings. The van der Waals surface area contributed by atoms with E-state index in [2.05, 4.69) is 29.2 Å². The van der Waals surface area contributed by atoms with Gasteiger partial charge < -0.3 is 14.8 Å². The molecule has 1 N–H and O–H groups in total. The number of carbonyl (C=O) groups is 1. The van der Waals surface area contributed by atoms with Crippen LogP contribution < -0.4 is 20.3 Å². The van der Waals surface area contributed by atoms with Crippen LogP contribution in [-0.2, 0) is 11.3 Å². The predicted molar refractivity (Wildman–Crippen MR) is 130 cm³/mol. The topological polar surface area (TPSA) is 100 Å². The molecule has 0 saturated carbocycles. The molecule has 0 atom stereocenters. The Kier molecular flexibility index (Phi) is 6.56. The summed E-state index contributed by atoms with van der Waals surface area (Å²) in [5.74, 6) is 0.756. The normalized spacial score (nSPS) is 11.1. The van der Waals surface area contributed by atoms with Gasteiger partial charge in [0.2, 0.25) is 5.91 Å². The van der Waals surface area contributed by atoms with Crippen LogP contribution in [0.15, 0.2) is 53.7 Å². The molecule has 0 aliphatic rings. The fraction of sp³-hybridized carbons (Fsp3) is 0.250. The second kappa shape index (κ2) is 9.56. The van der Waals surface area contributed by atoms with Gasteiger partial charge in [-0.05, 0) is 29.7 Å². The molecule has 0 saturated heterocycles. The Morgan fingerprint density at radius 1 is 1.12 bits per heavy atom. The maximum Gasteiger partial charge on any atom is 0.264 e. The maximum atomic E-state index is 13.0. The molecule has 0 aliphatic heterocycles. The number of nitrogens with one attached hydrogen (secondary N) is 1. The lowest BCUT2D eigenvalue weighted by molar-refractivity contribution is -0.116. The highest BCUT2D eigenvalue weighted by molar-refractivity contribution is 6.32. The van der Waals surface area contributed by atoms with Crippen molar-refractivity contribution in [2.45, 2.75) is 26.3 Å². The first-order valence-corrected chi connectivity index (χ1v) is 10.9. The zero-order chi connectivity index (χ0) is 24.4. The molecule has 2 heterocycles. The number of hydrogen-bond donors (Lipinski definition) is 1. The number of fused-ring (bicyclic) bond motifs is 1. The summed E-state index contributed by atoms with van der Waals surface area (Å²) in [4.78, 5) is 30.0. The first-order valence-electron chi connectivity index (χ1n) is 10.6. The zero-order valence-electron chi connectivity index (χ0n) is 19.2. The summed E-state index contributed by atoms with van der Waals surface area (Å²) < 4.78 is 13.3. The minimum absolute atomic E-state index is 0.247. The summed E-state index contributed by atoms with van der Waals surface area (Å²) in [5, 5.41) is 7.67. The lowest BCUT2D eigenvalue weighted by atomic mass is 10.0. The van der Waals surface area contributed by atoms with Crippen molar-refractivity contribution < 1.29 is 14.3 Å². The SMILES string of the molecule is COc1cc(OC)c(NC(=O)Cn2cnc3c(cnn3-c3ccc(C(C)C)cc3)c2=O)cc1Cl. The Balaban J connectivity index is 1.58. The van der Waals surface area contributed by atoms with E-state index < -0.39 is 5.91 Å². The molecule has 0 fully saturated rings. The zero-order valence-corrected chi connectivity index (χ0v) is 20.0. The quantitative estimate of drug-likeness (QED) is 0.428. The van der Waals surface area contributed by atoms with Crippen molar-refractivity contribution in [3.8, 4) is 17.2 Å². The second-order valence-electron chi connectivity index (χ2n) is 7.95. The van der Waals surface area contributed by atoms with Crippen molar-refractivity contribution in [3.63, 3.8) is 0 Å². The molecular weight excluding hydrogens is 458 g/mol. The molecule has 34 heavy (non-hydrogen) atoms. The Hall–Kier alpha value is -3.85. The van der Waals surface area contributed by atoms with E-state index in [1.807, 2.05) is 24.3 Å². The van der Waals surface area contributed by atoms with Gasteiger partial charge in [-0.1, -0.05) is 37.6 Å². The first kappa shape index (κ1) is 23.3. The van der Waals surface area contributed by atoms with E-state index in [9.17, 15) is 9.59 Å². The fourth-order valence-corrected chi connectivity index (χ4v) is 3.79. The number of halogens is 1. The molecule has 0 unspecified atom stereocenters. The van der Waals surface area contributed by atoms with Gasteiger partial charge in [0, 0.05) is 6.07 Å². The number of ether oxygens (including phenoxy) is 2. The van der Waals surface area contributed by atoms with Crippen LogP contribution in [-0.4, -0.2) is 39.5 Å². The van der Waals surface area contributed by atoms with Crippen molar-refractivity contribution in [1.82, 2.24) is 19.3 Å². The van der Waals surface area contributed by atoms with E-state index in [-0.39, 0.29) is 12.1 Å². The van der Waals surface area contributed by atoms with Gasteiger partial charge in [-0.2, -0.15) is 5.10 Å². The predicted octanol–water partition coefficient (Wildman–Crippen LogP) is 4.01. The monoisotopic (exact) mass is 481 g/mol. The molecular formula is C24H24ClN5O4. The van der Waals surface area contributed by atoms with E-state index in [1.54, 1.807) is 10.7 Å². The summed E-state index contributed by atoms with van der Waals surface area (Å²) >= 11 is 6.16. The summed E-state index contributed by atoms with van der Waals surface area (Å²) in [6, 6.07) is 11.0. The van der Waals surface area contributed by atoms with Crippen LogP contribution in [0.5, 0.6) is 11.5 Å². The third-order valence-electron chi connectivity index (χ3n) is 5.42. The van der Waals surface area contributed by atoms with Crippen LogP contribution in [0.25, 0.3) is 16.7 Å². The molecule has 1 amide bonds. The average Bonchev–Trinajstić information content (AvgIpc) is 3.26. The highest BCUT2D eigenvalue weighted by Crippen LogP contribution is 2.35. The first-order chi connectivity index (χ1) is 16.3. The van der Waals surface area contributed by atoms with Gasteiger partial charge in [-0.15, -0.1) is 0 Å². The van der Waals surface area contributed by atoms with Crippen LogP contribution in [0, 0.1) is 0 Å². The van der Waals surface area contributed by atoms with Crippen molar-refractivity contribution in [1.29, 1.82) is 0 Å². The minimum Gasteiger partial charge on any atom is -0.495 e. The van der Waals surface area contributed by atoms with Gasteiger partial charge in [-0.25, -0.2) is 9.67 Å². The second-order valence-corrected chi connectivity index (χ2v) is 8.36. The molecule has 0 spiro atoms.